The van der Waals surface area contributed by atoms with Crippen LogP contribution in [0, 0.1) is 0 Å². The number of aliphatic imine (C=N–C) groups is 1. The van der Waals surface area contributed by atoms with E-state index in [0.717, 1.165) is 0 Å². The molecule has 1 aliphatic carbocycles. The number of imidazole rings is 1. The second-order valence-electron chi connectivity index (χ2n) is 4.57. The Morgan fingerprint density at radius 2 is 2.45 bits per heavy atom. The summed E-state index contributed by atoms with van der Waals surface area (Å²) in [4.78, 5) is 24.3. The van der Waals surface area contributed by atoms with Crippen LogP contribution in [0.4, 0.5) is 16.3 Å². The second-order valence-corrected chi connectivity index (χ2v) is 4.57. The highest BCUT2D eigenvalue weighted by atomic mass is 16.3. The number of pyridine rings is 1. The van der Waals surface area contributed by atoms with E-state index in [4.69, 9.17) is 5.73 Å². The van der Waals surface area contributed by atoms with Crippen molar-refractivity contribution in [2.24, 2.45) is 4.99 Å². The first-order chi connectivity index (χ1) is 9.60. The molecule has 0 saturated heterocycles. The minimum absolute atomic E-state index is 0.285. The van der Waals surface area contributed by atoms with E-state index >= 15 is 0 Å². The average molecular weight is 274 g/mol. The number of aromatic nitrogens is 3. The molecule has 0 aliphatic heterocycles. The third-order valence-electron chi connectivity index (χ3n) is 3.30. The highest BCUT2D eigenvalue weighted by Crippen LogP contribution is 2.23. The molecule has 104 valence electrons. The summed E-state index contributed by atoms with van der Waals surface area (Å²) in [6, 6.07) is 1.12. The van der Waals surface area contributed by atoms with Crippen LogP contribution in [-0.4, -0.2) is 44.5 Å². The zero-order chi connectivity index (χ0) is 14.3. The van der Waals surface area contributed by atoms with Crippen LogP contribution in [0.15, 0.2) is 17.4 Å². The minimum Gasteiger partial charge on any atom is -0.387 e. The normalized spacial score (nSPS) is 20.1. The number of aliphatic hydroxyl groups is 1. The Kier molecular flexibility index (Phi) is 2.87. The van der Waals surface area contributed by atoms with E-state index in [0.29, 0.717) is 35.4 Å². The van der Waals surface area contributed by atoms with Crippen LogP contribution in [0.2, 0.25) is 0 Å². The quantitative estimate of drug-likeness (QED) is 0.701. The maximum absolute atomic E-state index is 12.1. The summed E-state index contributed by atoms with van der Waals surface area (Å²) in [5.74, 6) is 0.285. The largest absolute Gasteiger partial charge is 0.387 e. The summed E-state index contributed by atoms with van der Waals surface area (Å²) < 4.78 is 1.23. The summed E-state index contributed by atoms with van der Waals surface area (Å²) in [5, 5.41) is 12.4. The molecular formula is C12H14N6O2. The fourth-order valence-electron chi connectivity index (χ4n) is 2.05. The van der Waals surface area contributed by atoms with Gasteiger partial charge in [0.1, 0.15) is 17.7 Å². The molecule has 20 heavy (non-hydrogen) atoms. The first-order valence-corrected chi connectivity index (χ1v) is 6.21. The molecule has 8 nitrogen and oxygen atoms in total. The summed E-state index contributed by atoms with van der Waals surface area (Å²) in [6.07, 6.45) is 2.03. The van der Waals surface area contributed by atoms with Gasteiger partial charge in [0, 0.05) is 13.1 Å². The Morgan fingerprint density at radius 1 is 1.65 bits per heavy atom. The first-order valence-electron chi connectivity index (χ1n) is 6.21. The standard InChI is InChI=1S/C12H14N6O2/c1-14-7-4-9(13)17-11-10(7)15-5-18(11)12(20)16-6-2-3-8(6)19/h4-5,8,19H,2-3H2,1H3,(H3,13,14,17)/t8-/m1/s1. The molecule has 1 aliphatic rings. The van der Waals surface area contributed by atoms with Crippen LogP contribution in [0.3, 0.4) is 0 Å². The lowest BCUT2D eigenvalue weighted by Crippen LogP contribution is -2.32. The molecule has 2 heterocycles. The monoisotopic (exact) mass is 274 g/mol. The van der Waals surface area contributed by atoms with Gasteiger partial charge in [-0.1, -0.05) is 0 Å². The van der Waals surface area contributed by atoms with Gasteiger partial charge in [0.2, 0.25) is 0 Å². The molecule has 0 spiro atoms. The number of hydrogen-bond donors (Lipinski definition) is 3. The van der Waals surface area contributed by atoms with E-state index in [1.165, 1.54) is 10.9 Å². The van der Waals surface area contributed by atoms with E-state index < -0.39 is 12.1 Å². The highest BCUT2D eigenvalue weighted by Gasteiger charge is 2.25. The number of rotatable bonds is 1. The lowest BCUT2D eigenvalue weighted by atomic mass is 9.93. The number of anilines is 2. The molecule has 1 atom stereocenters. The lowest BCUT2D eigenvalue weighted by molar-refractivity contribution is 0.202. The molecule has 3 rings (SSSR count). The number of amides is 1. The van der Waals surface area contributed by atoms with E-state index in [9.17, 15) is 9.90 Å². The molecule has 1 amide bonds. The van der Waals surface area contributed by atoms with Gasteiger partial charge in [-0.15, -0.1) is 0 Å². The first kappa shape index (κ1) is 12.5. The topological polar surface area (TPSA) is 118 Å². The summed E-state index contributed by atoms with van der Waals surface area (Å²) in [6.45, 7) is 0. The zero-order valence-electron chi connectivity index (χ0n) is 10.9. The number of fused-ring (bicyclic) bond motifs is 1. The summed E-state index contributed by atoms with van der Waals surface area (Å²) >= 11 is 0. The fourth-order valence-corrected chi connectivity index (χ4v) is 2.05. The predicted molar refractivity (Wildman–Crippen MR) is 75.0 cm³/mol. The molecular weight excluding hydrogens is 260 g/mol. The molecule has 0 bridgehead atoms. The van der Waals surface area contributed by atoms with Crippen molar-refractivity contribution in [1.82, 2.24) is 14.5 Å². The third-order valence-corrected chi connectivity index (χ3v) is 3.30. The van der Waals surface area contributed by atoms with Gasteiger partial charge in [0.05, 0.1) is 17.5 Å². The van der Waals surface area contributed by atoms with Crippen molar-refractivity contribution in [2.75, 3.05) is 18.1 Å². The van der Waals surface area contributed by atoms with Gasteiger partial charge in [0.15, 0.2) is 5.65 Å². The van der Waals surface area contributed by atoms with Crippen molar-refractivity contribution in [3.63, 3.8) is 0 Å². The molecule has 1 fully saturated rings. The van der Waals surface area contributed by atoms with Crippen molar-refractivity contribution < 1.29 is 9.90 Å². The number of nitrogen functional groups attached to an aromatic ring is 1. The van der Waals surface area contributed by atoms with Crippen LogP contribution in [0.1, 0.15) is 12.8 Å². The van der Waals surface area contributed by atoms with Crippen molar-refractivity contribution in [2.45, 2.75) is 18.9 Å². The predicted octanol–water partition coefficient (Wildman–Crippen LogP) is 0.619. The summed E-state index contributed by atoms with van der Waals surface area (Å²) in [7, 11) is 1.74. The number of hydrogen-bond acceptors (Lipinski definition) is 6. The van der Waals surface area contributed by atoms with Gasteiger partial charge in [-0.2, -0.15) is 4.99 Å². The molecule has 0 unspecified atom stereocenters. The number of carbonyl (C=O) groups excluding carboxylic acids is 1. The number of nitrogens with zero attached hydrogens (tertiary/aromatic N) is 4. The van der Waals surface area contributed by atoms with Crippen molar-refractivity contribution >= 4 is 34.4 Å². The maximum atomic E-state index is 12.1. The van der Waals surface area contributed by atoms with E-state index in [1.54, 1.807) is 13.1 Å². The highest BCUT2D eigenvalue weighted by molar-refractivity contribution is 6.03. The van der Waals surface area contributed by atoms with Crippen LogP contribution in [-0.2, 0) is 0 Å². The van der Waals surface area contributed by atoms with E-state index in [-0.39, 0.29) is 5.82 Å². The average Bonchev–Trinajstić information content (AvgIpc) is 2.85. The van der Waals surface area contributed by atoms with Crippen molar-refractivity contribution in [1.29, 1.82) is 0 Å². The van der Waals surface area contributed by atoms with Crippen molar-refractivity contribution in [3.8, 4) is 0 Å². The SMILES string of the molecule is CNc1cc(N)nc2c1ncn2C(=O)N=C1CC[C@H]1O. The molecule has 0 radical (unpaired) electrons. The Hall–Kier alpha value is -2.48. The summed E-state index contributed by atoms with van der Waals surface area (Å²) in [5.41, 5.74) is 7.79. The van der Waals surface area contributed by atoms with Gasteiger partial charge in [0.25, 0.3) is 0 Å². The number of carbonyl (C=O) groups is 1. The molecule has 2 aromatic rings. The van der Waals surface area contributed by atoms with E-state index in [2.05, 4.69) is 20.3 Å². The van der Waals surface area contributed by atoms with Gasteiger partial charge >= 0.3 is 6.03 Å². The zero-order valence-corrected chi connectivity index (χ0v) is 10.9. The van der Waals surface area contributed by atoms with Gasteiger partial charge in [-0.3, -0.25) is 0 Å². The van der Waals surface area contributed by atoms with E-state index in [1.807, 2.05) is 0 Å². The van der Waals surface area contributed by atoms with Crippen LogP contribution in [0.25, 0.3) is 11.2 Å². The number of nitrogens with one attached hydrogen (secondary N) is 1. The second kappa shape index (κ2) is 4.57. The van der Waals surface area contributed by atoms with Gasteiger partial charge < -0.3 is 16.2 Å². The van der Waals surface area contributed by atoms with Crippen LogP contribution < -0.4 is 11.1 Å². The van der Waals surface area contributed by atoms with Crippen LogP contribution in [0.5, 0.6) is 0 Å². The van der Waals surface area contributed by atoms with Crippen molar-refractivity contribution in [3.05, 3.63) is 12.4 Å². The Labute approximate surface area is 114 Å². The minimum atomic E-state index is -0.611. The Bertz CT molecular complexity index is 720. The number of aliphatic hydroxyl groups excluding tert-OH is 1. The number of nitrogens with two attached hydrogens (primary N) is 1. The lowest BCUT2D eigenvalue weighted by Gasteiger charge is -2.22. The Morgan fingerprint density at radius 3 is 3.05 bits per heavy atom. The fraction of sp³-hybridized carbons (Fsp3) is 0.333. The van der Waals surface area contributed by atoms with Crippen LogP contribution >= 0.6 is 0 Å². The molecule has 1 saturated carbocycles. The Balaban J connectivity index is 2.06. The molecule has 4 N–H and O–H groups in total. The molecule has 0 aromatic carbocycles. The molecule has 2 aromatic heterocycles. The van der Waals surface area contributed by atoms with Gasteiger partial charge in [-0.05, 0) is 12.8 Å². The molecule has 8 heteroatoms. The maximum Gasteiger partial charge on any atom is 0.354 e. The smallest absolute Gasteiger partial charge is 0.354 e. The van der Waals surface area contributed by atoms with Gasteiger partial charge in [-0.25, -0.2) is 19.3 Å². The third kappa shape index (κ3) is 1.90.